The molecule has 0 aliphatic heterocycles. The number of carbonyl (C=O) groups excluding carboxylic acids is 3. The Morgan fingerprint density at radius 3 is 2.07 bits per heavy atom. The predicted octanol–water partition coefficient (Wildman–Crippen LogP) is 2.70. The fourth-order valence-corrected chi connectivity index (χ4v) is 4.38. The molecule has 166 valence electrons. The maximum atomic E-state index is 12.9. The second-order valence-corrected chi connectivity index (χ2v) is 7.75. The van der Waals surface area contributed by atoms with Gasteiger partial charge in [-0.3, -0.25) is 14.4 Å². The zero-order valence-electron chi connectivity index (χ0n) is 18.5. The predicted molar refractivity (Wildman–Crippen MR) is 113 cm³/mol. The molecule has 1 aliphatic carbocycles. The SMILES string of the molecule is CCOC(=O)[C@H]1C(=O)C[C@](C)(O)[C@@H](C(=O)OCC)[C@@H]1c1ccc(N(CC)CC)cc1. The van der Waals surface area contributed by atoms with Crippen LogP contribution in [0.15, 0.2) is 24.3 Å². The number of Topliss-reactive ketones (excluding diaryl/α,β-unsaturated/α-hetero) is 1. The maximum absolute atomic E-state index is 12.9. The minimum absolute atomic E-state index is 0.122. The van der Waals surface area contributed by atoms with Crippen molar-refractivity contribution in [2.24, 2.45) is 11.8 Å². The quantitative estimate of drug-likeness (QED) is 0.511. The van der Waals surface area contributed by atoms with Gasteiger partial charge in [0.2, 0.25) is 0 Å². The summed E-state index contributed by atoms with van der Waals surface area (Å²) in [6.45, 7) is 10.8. The summed E-state index contributed by atoms with van der Waals surface area (Å²) in [6.07, 6.45) is -0.312. The standard InChI is InChI=1S/C23H33NO6/c1-6-24(7-2)16-12-10-15(11-13-16)18-19(21(26)29-8-3)17(25)14-23(5,28)20(18)22(27)30-9-4/h10-13,18-20,28H,6-9,14H2,1-5H3/t18-,19+,20-,23+/m1/s1. The molecule has 0 heterocycles. The van der Waals surface area contributed by atoms with Crippen LogP contribution in [0.4, 0.5) is 5.69 Å². The number of anilines is 1. The number of carbonyl (C=O) groups is 3. The van der Waals surface area contributed by atoms with Gasteiger partial charge < -0.3 is 19.5 Å². The van der Waals surface area contributed by atoms with Crippen LogP contribution in [0, 0.1) is 11.8 Å². The van der Waals surface area contributed by atoms with E-state index in [1.54, 1.807) is 13.8 Å². The van der Waals surface area contributed by atoms with E-state index in [4.69, 9.17) is 9.47 Å². The first-order valence-corrected chi connectivity index (χ1v) is 10.6. The molecule has 0 radical (unpaired) electrons. The van der Waals surface area contributed by atoms with Crippen LogP contribution in [0.3, 0.4) is 0 Å². The fourth-order valence-electron chi connectivity index (χ4n) is 4.38. The van der Waals surface area contributed by atoms with Gasteiger partial charge in [-0.05, 0) is 52.3 Å². The summed E-state index contributed by atoms with van der Waals surface area (Å²) in [5.74, 6) is -4.84. The first kappa shape index (κ1) is 23.9. The van der Waals surface area contributed by atoms with E-state index in [0.29, 0.717) is 5.56 Å². The summed E-state index contributed by atoms with van der Waals surface area (Å²) in [4.78, 5) is 40.6. The molecule has 0 aromatic heterocycles. The largest absolute Gasteiger partial charge is 0.466 e. The molecule has 1 saturated carbocycles. The van der Waals surface area contributed by atoms with Crippen molar-refractivity contribution in [2.75, 3.05) is 31.2 Å². The van der Waals surface area contributed by atoms with Crippen LogP contribution in [0.2, 0.25) is 0 Å². The van der Waals surface area contributed by atoms with Gasteiger partial charge in [-0.25, -0.2) is 0 Å². The number of ether oxygens (including phenoxy) is 2. The van der Waals surface area contributed by atoms with Crippen molar-refractivity contribution in [3.05, 3.63) is 29.8 Å². The Kier molecular flexibility index (Phi) is 8.01. The van der Waals surface area contributed by atoms with Crippen LogP contribution < -0.4 is 4.90 Å². The summed E-state index contributed by atoms with van der Waals surface area (Å²) >= 11 is 0. The third kappa shape index (κ3) is 4.83. The number of aliphatic hydroxyl groups is 1. The summed E-state index contributed by atoms with van der Waals surface area (Å²) in [5, 5.41) is 11.0. The van der Waals surface area contributed by atoms with Crippen molar-refractivity contribution in [1.29, 1.82) is 0 Å². The Morgan fingerprint density at radius 1 is 1.03 bits per heavy atom. The van der Waals surface area contributed by atoms with Gasteiger partial charge >= 0.3 is 11.9 Å². The molecule has 0 saturated heterocycles. The van der Waals surface area contributed by atoms with E-state index < -0.39 is 41.1 Å². The van der Waals surface area contributed by atoms with Gasteiger partial charge in [0.1, 0.15) is 5.92 Å². The molecule has 7 nitrogen and oxygen atoms in total. The second-order valence-electron chi connectivity index (χ2n) is 7.75. The van der Waals surface area contributed by atoms with Crippen LogP contribution in [0.25, 0.3) is 0 Å². The van der Waals surface area contributed by atoms with E-state index in [1.807, 2.05) is 24.3 Å². The summed E-state index contributed by atoms with van der Waals surface area (Å²) in [6, 6.07) is 7.43. The second kappa shape index (κ2) is 10.1. The van der Waals surface area contributed by atoms with E-state index in [9.17, 15) is 19.5 Å². The van der Waals surface area contributed by atoms with E-state index >= 15 is 0 Å². The normalized spacial score (nSPS) is 26.2. The smallest absolute Gasteiger partial charge is 0.317 e. The molecule has 30 heavy (non-hydrogen) atoms. The van der Waals surface area contributed by atoms with E-state index in [0.717, 1.165) is 18.8 Å². The number of rotatable bonds is 8. The van der Waals surface area contributed by atoms with Gasteiger partial charge in [-0.1, -0.05) is 12.1 Å². The number of nitrogens with zero attached hydrogens (tertiary/aromatic N) is 1. The molecule has 1 aromatic rings. The lowest BCUT2D eigenvalue weighted by molar-refractivity contribution is -0.172. The number of hydrogen-bond acceptors (Lipinski definition) is 7. The third-order valence-electron chi connectivity index (χ3n) is 5.75. The van der Waals surface area contributed by atoms with E-state index in [2.05, 4.69) is 18.7 Å². The molecule has 0 amide bonds. The molecule has 0 bridgehead atoms. The zero-order chi connectivity index (χ0) is 22.5. The lowest BCUT2D eigenvalue weighted by Crippen LogP contribution is -2.55. The molecular formula is C23H33NO6. The van der Waals surface area contributed by atoms with Crippen molar-refractivity contribution in [1.82, 2.24) is 0 Å². The van der Waals surface area contributed by atoms with Crippen LogP contribution >= 0.6 is 0 Å². The highest BCUT2D eigenvalue weighted by molar-refractivity contribution is 6.02. The average Bonchev–Trinajstić information content (AvgIpc) is 2.68. The van der Waals surface area contributed by atoms with Crippen molar-refractivity contribution >= 4 is 23.4 Å². The molecule has 7 heteroatoms. The lowest BCUT2D eigenvalue weighted by Gasteiger charge is -2.43. The van der Waals surface area contributed by atoms with Gasteiger partial charge in [0, 0.05) is 31.1 Å². The lowest BCUT2D eigenvalue weighted by atomic mass is 9.61. The van der Waals surface area contributed by atoms with Gasteiger partial charge in [0.25, 0.3) is 0 Å². The first-order valence-electron chi connectivity index (χ1n) is 10.6. The molecule has 2 rings (SSSR count). The Hall–Kier alpha value is -2.41. The average molecular weight is 420 g/mol. The molecule has 1 aliphatic rings. The fraction of sp³-hybridized carbons (Fsp3) is 0.609. The highest BCUT2D eigenvalue weighted by Gasteiger charge is 2.57. The number of benzene rings is 1. The molecular weight excluding hydrogens is 386 g/mol. The van der Waals surface area contributed by atoms with E-state index in [-0.39, 0.29) is 19.6 Å². The third-order valence-corrected chi connectivity index (χ3v) is 5.75. The minimum Gasteiger partial charge on any atom is -0.466 e. The van der Waals surface area contributed by atoms with Gasteiger partial charge in [-0.15, -0.1) is 0 Å². The molecule has 1 fully saturated rings. The molecule has 1 N–H and O–H groups in total. The van der Waals surface area contributed by atoms with Crippen molar-refractivity contribution in [3.8, 4) is 0 Å². The van der Waals surface area contributed by atoms with Gasteiger partial charge in [-0.2, -0.15) is 0 Å². The molecule has 4 atom stereocenters. The van der Waals surface area contributed by atoms with Crippen LogP contribution in [0.1, 0.15) is 52.5 Å². The molecule has 1 aromatic carbocycles. The Labute approximate surface area is 178 Å². The van der Waals surface area contributed by atoms with Crippen molar-refractivity contribution < 1.29 is 29.0 Å². The van der Waals surface area contributed by atoms with Crippen molar-refractivity contribution in [2.45, 2.75) is 52.6 Å². The highest BCUT2D eigenvalue weighted by atomic mass is 16.5. The van der Waals surface area contributed by atoms with Crippen molar-refractivity contribution in [3.63, 3.8) is 0 Å². The maximum Gasteiger partial charge on any atom is 0.317 e. The minimum atomic E-state index is -1.63. The topological polar surface area (TPSA) is 93.1 Å². The van der Waals surface area contributed by atoms with Crippen LogP contribution in [-0.4, -0.2) is 54.7 Å². The van der Waals surface area contributed by atoms with Crippen LogP contribution in [0.5, 0.6) is 0 Å². The Bertz CT molecular complexity index is 753. The number of ketones is 1. The summed E-state index contributed by atoms with van der Waals surface area (Å²) in [7, 11) is 0. The molecule has 0 unspecified atom stereocenters. The number of hydrogen-bond donors (Lipinski definition) is 1. The summed E-state index contributed by atoms with van der Waals surface area (Å²) in [5.41, 5.74) is -0.0116. The van der Waals surface area contributed by atoms with E-state index in [1.165, 1.54) is 6.92 Å². The Morgan fingerprint density at radius 2 is 1.57 bits per heavy atom. The van der Waals surface area contributed by atoms with Gasteiger partial charge in [0.05, 0.1) is 24.7 Å². The highest BCUT2D eigenvalue weighted by Crippen LogP contribution is 2.47. The number of esters is 2. The monoisotopic (exact) mass is 419 g/mol. The Balaban J connectivity index is 2.57. The zero-order valence-corrected chi connectivity index (χ0v) is 18.5. The van der Waals surface area contributed by atoms with Gasteiger partial charge in [0.15, 0.2) is 5.78 Å². The summed E-state index contributed by atoms with van der Waals surface area (Å²) < 4.78 is 10.4. The molecule has 0 spiro atoms. The first-order chi connectivity index (χ1) is 14.2. The van der Waals surface area contributed by atoms with Crippen LogP contribution in [-0.2, 0) is 23.9 Å².